The third kappa shape index (κ3) is 6.59. The fraction of sp³-hybridized carbons (Fsp3) is 0.824. The third-order valence-electron chi connectivity index (χ3n) is 4.46. The van der Waals surface area contributed by atoms with Crippen molar-refractivity contribution < 1.29 is 29.3 Å². The SMILES string of the molecule is CCCCCCCCCCC(C(=O)O)C(C(=O)O)C1CC(=O)O1. The zero-order valence-electron chi connectivity index (χ0n) is 13.8. The zero-order valence-corrected chi connectivity index (χ0v) is 13.8. The van der Waals surface area contributed by atoms with Gasteiger partial charge in [0.25, 0.3) is 0 Å². The van der Waals surface area contributed by atoms with Gasteiger partial charge in [-0.1, -0.05) is 58.3 Å². The summed E-state index contributed by atoms with van der Waals surface area (Å²) in [5.41, 5.74) is 0. The van der Waals surface area contributed by atoms with Crippen LogP contribution in [0.2, 0.25) is 0 Å². The highest BCUT2D eigenvalue weighted by molar-refractivity contribution is 5.84. The number of cyclic esters (lactones) is 1. The minimum atomic E-state index is -1.20. The quantitative estimate of drug-likeness (QED) is 0.397. The average Bonchev–Trinajstić information content (AvgIpc) is 2.45. The molecule has 1 fully saturated rings. The molecule has 2 N–H and O–H groups in total. The van der Waals surface area contributed by atoms with Gasteiger partial charge in [-0.2, -0.15) is 0 Å². The molecule has 0 bridgehead atoms. The van der Waals surface area contributed by atoms with Gasteiger partial charge in [-0.3, -0.25) is 14.4 Å². The summed E-state index contributed by atoms with van der Waals surface area (Å²) in [5, 5.41) is 18.6. The number of hydrogen-bond acceptors (Lipinski definition) is 4. The summed E-state index contributed by atoms with van der Waals surface area (Å²) < 4.78 is 4.79. The lowest BCUT2D eigenvalue weighted by Gasteiger charge is -2.33. The second-order valence-corrected chi connectivity index (χ2v) is 6.30. The van der Waals surface area contributed by atoms with Crippen molar-refractivity contribution in [2.24, 2.45) is 11.8 Å². The number of esters is 1. The molecule has 0 aromatic carbocycles. The van der Waals surface area contributed by atoms with Crippen molar-refractivity contribution in [1.82, 2.24) is 0 Å². The van der Waals surface area contributed by atoms with Gasteiger partial charge < -0.3 is 14.9 Å². The Labute approximate surface area is 137 Å². The summed E-state index contributed by atoms with van der Waals surface area (Å²) >= 11 is 0. The molecule has 0 spiro atoms. The van der Waals surface area contributed by atoms with Crippen molar-refractivity contribution in [2.75, 3.05) is 0 Å². The van der Waals surface area contributed by atoms with Crippen molar-refractivity contribution in [3.8, 4) is 0 Å². The number of hydrogen-bond donors (Lipinski definition) is 2. The smallest absolute Gasteiger partial charge is 0.311 e. The van der Waals surface area contributed by atoms with E-state index in [0.717, 1.165) is 19.3 Å². The molecular formula is C17H28O6. The standard InChI is InChI=1S/C17H28O6/c1-2-3-4-5-6-7-8-9-10-12(16(19)20)15(17(21)22)13-11-14(18)23-13/h12-13,15H,2-11H2,1H3,(H,19,20)(H,21,22). The van der Waals surface area contributed by atoms with Crippen LogP contribution in [0.25, 0.3) is 0 Å². The predicted molar refractivity (Wildman–Crippen MR) is 84.0 cm³/mol. The molecule has 3 atom stereocenters. The first kappa shape index (κ1) is 19.5. The molecule has 3 unspecified atom stereocenters. The minimum Gasteiger partial charge on any atom is -0.481 e. The van der Waals surface area contributed by atoms with Gasteiger partial charge in [0, 0.05) is 0 Å². The van der Waals surface area contributed by atoms with Crippen LogP contribution in [0.1, 0.15) is 71.1 Å². The topological polar surface area (TPSA) is 101 Å². The van der Waals surface area contributed by atoms with E-state index in [4.69, 9.17) is 4.74 Å². The summed E-state index contributed by atoms with van der Waals surface area (Å²) in [6.45, 7) is 2.17. The maximum absolute atomic E-state index is 11.4. The van der Waals surface area contributed by atoms with E-state index >= 15 is 0 Å². The van der Waals surface area contributed by atoms with Crippen molar-refractivity contribution >= 4 is 17.9 Å². The zero-order chi connectivity index (χ0) is 17.2. The molecule has 23 heavy (non-hydrogen) atoms. The Morgan fingerprint density at radius 3 is 2.00 bits per heavy atom. The van der Waals surface area contributed by atoms with Crippen molar-refractivity contribution in [2.45, 2.75) is 77.2 Å². The van der Waals surface area contributed by atoms with Gasteiger partial charge in [0.1, 0.15) is 12.0 Å². The van der Waals surface area contributed by atoms with Crippen LogP contribution in [-0.4, -0.2) is 34.2 Å². The number of carbonyl (C=O) groups excluding carboxylic acids is 1. The van der Waals surface area contributed by atoms with Gasteiger partial charge in [0.15, 0.2) is 0 Å². The number of carbonyl (C=O) groups is 3. The Balaban J connectivity index is 2.34. The second-order valence-electron chi connectivity index (χ2n) is 6.30. The summed E-state index contributed by atoms with van der Waals surface area (Å²) in [5.74, 6) is -4.92. The number of rotatable bonds is 13. The molecule has 0 aromatic rings. The molecule has 0 amide bonds. The van der Waals surface area contributed by atoms with E-state index in [2.05, 4.69) is 6.92 Å². The summed E-state index contributed by atoms with van der Waals surface area (Å²) in [6.07, 6.45) is 8.20. The largest absolute Gasteiger partial charge is 0.481 e. The summed E-state index contributed by atoms with van der Waals surface area (Å²) in [7, 11) is 0. The van der Waals surface area contributed by atoms with E-state index < -0.39 is 35.8 Å². The van der Waals surface area contributed by atoms with Gasteiger partial charge >= 0.3 is 17.9 Å². The lowest BCUT2D eigenvalue weighted by atomic mass is 9.81. The highest BCUT2D eigenvalue weighted by Gasteiger charge is 2.46. The fourth-order valence-electron chi connectivity index (χ4n) is 3.07. The molecule has 1 saturated heterocycles. The van der Waals surface area contributed by atoms with E-state index in [9.17, 15) is 24.6 Å². The number of unbranched alkanes of at least 4 members (excludes halogenated alkanes) is 7. The molecule has 6 nitrogen and oxygen atoms in total. The summed E-state index contributed by atoms with van der Waals surface area (Å²) in [4.78, 5) is 33.6. The maximum Gasteiger partial charge on any atom is 0.311 e. The predicted octanol–water partition coefficient (Wildman–Crippen LogP) is 3.23. The first-order chi connectivity index (χ1) is 11.0. The van der Waals surface area contributed by atoms with Crippen molar-refractivity contribution in [3.63, 3.8) is 0 Å². The normalized spacial score (nSPS) is 19.5. The highest BCUT2D eigenvalue weighted by Crippen LogP contribution is 2.31. The van der Waals surface area contributed by atoms with Gasteiger partial charge in [0.2, 0.25) is 0 Å². The number of carboxylic acids is 2. The van der Waals surface area contributed by atoms with Crippen molar-refractivity contribution in [3.05, 3.63) is 0 Å². The van der Waals surface area contributed by atoms with Crippen LogP contribution in [0.5, 0.6) is 0 Å². The molecule has 0 aromatic heterocycles. The van der Waals surface area contributed by atoms with E-state index in [0.29, 0.717) is 12.8 Å². The van der Waals surface area contributed by atoms with Crippen LogP contribution in [0.4, 0.5) is 0 Å². The van der Waals surface area contributed by atoms with E-state index in [1.165, 1.54) is 25.7 Å². The van der Waals surface area contributed by atoms with Crippen LogP contribution in [0, 0.1) is 11.8 Å². The number of carboxylic acid groups (broad SMARTS) is 2. The van der Waals surface area contributed by atoms with Gasteiger partial charge in [-0.15, -0.1) is 0 Å². The highest BCUT2D eigenvalue weighted by atomic mass is 16.6. The Morgan fingerprint density at radius 1 is 1.04 bits per heavy atom. The van der Waals surface area contributed by atoms with Crippen LogP contribution in [-0.2, 0) is 19.1 Å². The van der Waals surface area contributed by atoms with Gasteiger partial charge in [0.05, 0.1) is 12.3 Å². The lowest BCUT2D eigenvalue weighted by molar-refractivity contribution is -0.186. The van der Waals surface area contributed by atoms with Crippen LogP contribution < -0.4 is 0 Å². The molecule has 6 heteroatoms. The molecule has 1 aliphatic heterocycles. The second kappa shape index (κ2) is 10.2. The molecule has 1 heterocycles. The number of aliphatic carboxylic acids is 2. The molecule has 132 valence electrons. The minimum absolute atomic E-state index is 0.00181. The fourth-order valence-corrected chi connectivity index (χ4v) is 3.07. The Kier molecular flexibility index (Phi) is 8.66. The average molecular weight is 328 g/mol. The first-order valence-electron chi connectivity index (χ1n) is 8.62. The van der Waals surface area contributed by atoms with Crippen molar-refractivity contribution in [1.29, 1.82) is 0 Å². The monoisotopic (exact) mass is 328 g/mol. The molecule has 0 aliphatic carbocycles. The lowest BCUT2D eigenvalue weighted by Crippen LogP contribution is -2.47. The van der Waals surface area contributed by atoms with Crippen LogP contribution >= 0.6 is 0 Å². The van der Waals surface area contributed by atoms with Crippen LogP contribution in [0.15, 0.2) is 0 Å². The molecule has 1 aliphatic rings. The van der Waals surface area contributed by atoms with Gasteiger partial charge in [-0.25, -0.2) is 0 Å². The number of ether oxygens (including phenoxy) is 1. The molecular weight excluding hydrogens is 300 g/mol. The van der Waals surface area contributed by atoms with E-state index in [-0.39, 0.29) is 6.42 Å². The molecule has 1 rings (SSSR count). The third-order valence-corrected chi connectivity index (χ3v) is 4.46. The van der Waals surface area contributed by atoms with Gasteiger partial charge in [-0.05, 0) is 6.42 Å². The van der Waals surface area contributed by atoms with E-state index in [1.807, 2.05) is 0 Å². The maximum atomic E-state index is 11.4. The Bertz CT molecular complexity index is 398. The Morgan fingerprint density at radius 2 is 1.57 bits per heavy atom. The van der Waals surface area contributed by atoms with Crippen LogP contribution in [0.3, 0.4) is 0 Å². The first-order valence-corrected chi connectivity index (χ1v) is 8.62. The molecule has 0 radical (unpaired) electrons. The summed E-state index contributed by atoms with van der Waals surface area (Å²) in [6, 6.07) is 0. The molecule has 0 saturated carbocycles. The Hall–Kier alpha value is -1.59. The van der Waals surface area contributed by atoms with E-state index in [1.54, 1.807) is 0 Å².